The van der Waals surface area contributed by atoms with Crippen molar-refractivity contribution < 1.29 is 4.79 Å². The highest BCUT2D eigenvalue weighted by Gasteiger charge is 2.24. The second-order valence-corrected chi connectivity index (χ2v) is 6.93. The molecule has 2 N–H and O–H groups in total. The average molecular weight is 331 g/mol. The summed E-state index contributed by atoms with van der Waals surface area (Å²) in [5, 5.41) is 4.44. The highest BCUT2D eigenvalue weighted by Crippen LogP contribution is 2.30. The lowest BCUT2D eigenvalue weighted by Crippen LogP contribution is -2.34. The Morgan fingerprint density at radius 1 is 1.16 bits per heavy atom. The fourth-order valence-corrected chi connectivity index (χ4v) is 3.83. The predicted molar refractivity (Wildman–Crippen MR) is 101 cm³/mol. The van der Waals surface area contributed by atoms with Crippen LogP contribution in [0, 0.1) is 5.92 Å². The monoisotopic (exact) mass is 331 g/mol. The molecule has 0 bridgehead atoms. The van der Waals surface area contributed by atoms with Crippen LogP contribution in [-0.4, -0.2) is 10.9 Å². The standard InChI is InChI=1S/C22H23N2O/c1-15(13-17-14-23-20-11-5-4-10-19(17)20)22(25)24-21-12-6-8-16-7-2-3-9-18(16)21/h2-5,7,9-11,14,21,23H,6,8,12-13H2,1H3,(H,24,25). The topological polar surface area (TPSA) is 44.9 Å². The fraction of sp³-hybridized carbons (Fsp3) is 0.273. The minimum absolute atomic E-state index is 0.0620. The van der Waals surface area contributed by atoms with Crippen molar-refractivity contribution in [3.63, 3.8) is 0 Å². The van der Waals surface area contributed by atoms with Crippen LogP contribution < -0.4 is 5.32 Å². The van der Waals surface area contributed by atoms with Gasteiger partial charge in [-0.1, -0.05) is 42.5 Å². The van der Waals surface area contributed by atoms with Crippen LogP contribution in [0.25, 0.3) is 10.9 Å². The molecule has 0 spiro atoms. The van der Waals surface area contributed by atoms with Crippen molar-refractivity contribution in [2.75, 3.05) is 0 Å². The normalized spacial score (nSPS) is 16.8. The number of aryl methyl sites for hydroxylation is 1. The third-order valence-corrected chi connectivity index (χ3v) is 5.19. The molecule has 1 amide bonds. The zero-order valence-electron chi connectivity index (χ0n) is 14.5. The highest BCUT2D eigenvalue weighted by molar-refractivity contribution is 5.91. The van der Waals surface area contributed by atoms with Gasteiger partial charge in [0, 0.05) is 17.1 Å². The maximum atomic E-state index is 12.7. The molecule has 1 unspecified atom stereocenters. The number of carbonyl (C=O) groups excluding carboxylic acids is 1. The summed E-state index contributed by atoms with van der Waals surface area (Å²) in [4.78, 5) is 16.0. The Balaban J connectivity index is 1.46. The van der Waals surface area contributed by atoms with Crippen molar-refractivity contribution in [1.29, 1.82) is 0 Å². The molecule has 1 radical (unpaired) electrons. The lowest BCUT2D eigenvalue weighted by Gasteiger charge is -2.27. The molecule has 0 fully saturated rings. The van der Waals surface area contributed by atoms with E-state index in [4.69, 9.17) is 0 Å². The van der Waals surface area contributed by atoms with Crippen LogP contribution in [0.4, 0.5) is 0 Å². The van der Waals surface area contributed by atoms with Gasteiger partial charge in [0.2, 0.25) is 5.91 Å². The smallest absolute Gasteiger partial charge is 0.227 e. The number of hydrogen-bond donors (Lipinski definition) is 2. The molecular weight excluding hydrogens is 308 g/mol. The van der Waals surface area contributed by atoms with Gasteiger partial charge in [-0.2, -0.15) is 0 Å². The lowest BCUT2D eigenvalue weighted by molar-refractivity contribution is -0.120. The summed E-state index contributed by atoms with van der Waals surface area (Å²) in [5.74, 6) is 0.916. The van der Waals surface area contributed by atoms with E-state index in [2.05, 4.69) is 46.7 Å². The molecule has 25 heavy (non-hydrogen) atoms. The van der Waals surface area contributed by atoms with Crippen molar-refractivity contribution in [3.05, 3.63) is 77.3 Å². The molecule has 3 aromatic rings. The first-order chi connectivity index (χ1) is 12.2. The first-order valence-corrected chi connectivity index (χ1v) is 8.98. The van der Waals surface area contributed by atoms with Crippen molar-refractivity contribution in [1.82, 2.24) is 10.3 Å². The van der Waals surface area contributed by atoms with Crippen LogP contribution in [-0.2, 0) is 17.6 Å². The maximum Gasteiger partial charge on any atom is 0.227 e. The zero-order valence-corrected chi connectivity index (χ0v) is 14.5. The number of carbonyl (C=O) groups is 1. The Bertz CT molecular complexity index is 896. The van der Waals surface area contributed by atoms with Crippen molar-refractivity contribution >= 4 is 16.8 Å². The zero-order chi connectivity index (χ0) is 17.2. The number of hydrogen-bond acceptors (Lipinski definition) is 1. The van der Waals surface area contributed by atoms with Crippen molar-refractivity contribution in [2.24, 2.45) is 0 Å². The Kier molecular flexibility index (Phi) is 4.31. The molecule has 1 aromatic heterocycles. The molecule has 0 saturated carbocycles. The van der Waals surface area contributed by atoms with Gasteiger partial charge in [0.25, 0.3) is 0 Å². The predicted octanol–water partition coefficient (Wildman–Crippen LogP) is 4.50. The fourth-order valence-electron chi connectivity index (χ4n) is 3.83. The summed E-state index contributed by atoms with van der Waals surface area (Å²) in [6, 6.07) is 16.8. The van der Waals surface area contributed by atoms with Gasteiger partial charge in [-0.25, -0.2) is 0 Å². The Morgan fingerprint density at radius 3 is 2.88 bits per heavy atom. The third-order valence-electron chi connectivity index (χ3n) is 5.19. The minimum atomic E-state index is 0.0620. The van der Waals surface area contributed by atoms with E-state index in [1.807, 2.05) is 25.3 Å². The summed E-state index contributed by atoms with van der Waals surface area (Å²) >= 11 is 0. The van der Waals surface area contributed by atoms with Gasteiger partial charge < -0.3 is 10.3 Å². The molecule has 1 aliphatic rings. The van der Waals surface area contributed by atoms with Crippen molar-refractivity contribution in [3.8, 4) is 0 Å². The molecule has 0 aliphatic heterocycles. The molecule has 1 atom stereocenters. The molecule has 2 aromatic carbocycles. The van der Waals surface area contributed by atoms with E-state index in [-0.39, 0.29) is 11.9 Å². The summed E-state index contributed by atoms with van der Waals surface area (Å²) in [6.45, 7) is 1.94. The largest absolute Gasteiger partial charge is 0.361 e. The second kappa shape index (κ2) is 6.75. The Hall–Kier alpha value is -2.55. The number of aromatic amines is 1. The summed E-state index contributed by atoms with van der Waals surface area (Å²) in [6.07, 6.45) is 5.94. The number of para-hydroxylation sites is 1. The molecule has 3 nitrogen and oxygen atoms in total. The molecule has 4 rings (SSSR count). The number of aromatic nitrogens is 1. The number of amides is 1. The number of benzene rings is 2. The maximum absolute atomic E-state index is 12.7. The SMILES string of the molecule is C[C](Cc1c[nH]c2ccccc12)C(=O)NC1CCCc2ccccc21. The first-order valence-electron chi connectivity index (χ1n) is 8.98. The second-order valence-electron chi connectivity index (χ2n) is 6.93. The van der Waals surface area contributed by atoms with E-state index >= 15 is 0 Å². The first kappa shape index (κ1) is 15.9. The van der Waals surface area contributed by atoms with Gasteiger partial charge in [-0.3, -0.25) is 4.79 Å². The van der Waals surface area contributed by atoms with E-state index in [0.717, 1.165) is 30.7 Å². The van der Waals surface area contributed by atoms with Crippen LogP contribution in [0.15, 0.2) is 54.7 Å². The van der Waals surface area contributed by atoms with Gasteiger partial charge in [-0.15, -0.1) is 0 Å². The Morgan fingerprint density at radius 2 is 1.96 bits per heavy atom. The third kappa shape index (κ3) is 3.19. The number of fused-ring (bicyclic) bond motifs is 2. The van der Waals surface area contributed by atoms with Gasteiger partial charge in [0.05, 0.1) is 12.0 Å². The van der Waals surface area contributed by atoms with Gasteiger partial charge in [0.1, 0.15) is 0 Å². The summed E-state index contributed by atoms with van der Waals surface area (Å²) in [7, 11) is 0. The van der Waals surface area contributed by atoms with E-state index in [9.17, 15) is 4.79 Å². The van der Waals surface area contributed by atoms with Gasteiger partial charge >= 0.3 is 0 Å². The quantitative estimate of drug-likeness (QED) is 0.726. The minimum Gasteiger partial charge on any atom is -0.361 e. The van der Waals surface area contributed by atoms with Crippen LogP contribution in [0.5, 0.6) is 0 Å². The van der Waals surface area contributed by atoms with Crippen LogP contribution in [0.3, 0.4) is 0 Å². The van der Waals surface area contributed by atoms with Crippen LogP contribution in [0.1, 0.15) is 42.5 Å². The molecule has 1 heterocycles. The van der Waals surface area contributed by atoms with Crippen molar-refractivity contribution in [2.45, 2.75) is 38.6 Å². The van der Waals surface area contributed by atoms with Crippen LogP contribution in [0.2, 0.25) is 0 Å². The average Bonchev–Trinajstić information content (AvgIpc) is 3.05. The molecule has 127 valence electrons. The molecule has 1 aliphatic carbocycles. The van der Waals surface area contributed by atoms with E-state index in [1.165, 1.54) is 22.1 Å². The van der Waals surface area contributed by atoms with E-state index in [1.54, 1.807) is 0 Å². The summed E-state index contributed by atoms with van der Waals surface area (Å²) in [5.41, 5.74) is 4.94. The molecule has 3 heteroatoms. The summed E-state index contributed by atoms with van der Waals surface area (Å²) < 4.78 is 0. The highest BCUT2D eigenvalue weighted by atomic mass is 16.1. The number of rotatable bonds is 4. The van der Waals surface area contributed by atoms with E-state index in [0.29, 0.717) is 6.42 Å². The number of H-pyrrole nitrogens is 1. The van der Waals surface area contributed by atoms with Crippen LogP contribution >= 0.6 is 0 Å². The van der Waals surface area contributed by atoms with E-state index < -0.39 is 0 Å². The van der Waals surface area contributed by atoms with Gasteiger partial charge in [-0.05, 0) is 55.4 Å². The molecular formula is C22H23N2O. The van der Waals surface area contributed by atoms with Gasteiger partial charge in [0.15, 0.2) is 0 Å². The Labute approximate surface area is 148 Å². The molecule has 0 saturated heterocycles. The lowest BCUT2D eigenvalue weighted by atomic mass is 9.87. The number of nitrogens with one attached hydrogen (secondary N) is 2.